The van der Waals surface area contributed by atoms with Gasteiger partial charge in [-0.05, 0) is 62.4 Å². The third-order valence-corrected chi connectivity index (χ3v) is 4.89. The monoisotopic (exact) mass is 352 g/mol. The molecule has 0 saturated carbocycles. The largest absolute Gasteiger partial charge is 0.481 e. The van der Waals surface area contributed by atoms with Crippen LogP contribution in [0.2, 0.25) is 0 Å². The molecular formula is C22H28N2O2. The molecule has 2 aromatic carbocycles. The Morgan fingerprint density at radius 1 is 1.08 bits per heavy atom. The molecule has 1 amide bonds. The summed E-state index contributed by atoms with van der Waals surface area (Å²) in [7, 11) is 0. The Balaban J connectivity index is 1.50. The van der Waals surface area contributed by atoms with Crippen molar-refractivity contribution >= 4 is 11.6 Å². The van der Waals surface area contributed by atoms with Gasteiger partial charge >= 0.3 is 0 Å². The molecule has 3 rings (SSSR count). The number of aryl methyl sites for hydroxylation is 1. The standard InChI is InChI=1S/C22H28N2O2/c1-17-8-4-5-9-21(17)26-18(2)22(25)23-16-19-10-12-20(13-11-19)24-14-6-3-7-15-24/h4-5,8-13,18H,3,6-7,14-16H2,1-2H3,(H,23,25). The van der Waals surface area contributed by atoms with Crippen molar-refractivity contribution in [3.8, 4) is 5.75 Å². The zero-order valence-electron chi connectivity index (χ0n) is 15.7. The van der Waals surface area contributed by atoms with Crippen molar-refractivity contribution in [2.24, 2.45) is 0 Å². The number of carbonyl (C=O) groups is 1. The summed E-state index contributed by atoms with van der Waals surface area (Å²) in [4.78, 5) is 14.7. The number of ether oxygens (including phenoxy) is 1. The fraction of sp³-hybridized carbons (Fsp3) is 0.409. The van der Waals surface area contributed by atoms with E-state index in [2.05, 4.69) is 34.5 Å². The number of carbonyl (C=O) groups excluding carboxylic acids is 1. The minimum Gasteiger partial charge on any atom is -0.481 e. The minimum absolute atomic E-state index is 0.103. The molecule has 1 N–H and O–H groups in total. The van der Waals surface area contributed by atoms with Crippen LogP contribution in [0.4, 0.5) is 5.69 Å². The van der Waals surface area contributed by atoms with Crippen molar-refractivity contribution in [3.05, 3.63) is 59.7 Å². The summed E-state index contributed by atoms with van der Waals surface area (Å²) in [6.07, 6.45) is 3.36. The summed E-state index contributed by atoms with van der Waals surface area (Å²) >= 11 is 0. The van der Waals surface area contributed by atoms with Crippen LogP contribution >= 0.6 is 0 Å². The molecule has 1 atom stereocenters. The second-order valence-corrected chi connectivity index (χ2v) is 6.96. The van der Waals surface area contributed by atoms with E-state index >= 15 is 0 Å². The van der Waals surface area contributed by atoms with E-state index in [0.717, 1.165) is 30.0 Å². The van der Waals surface area contributed by atoms with E-state index in [4.69, 9.17) is 4.74 Å². The SMILES string of the molecule is Cc1ccccc1OC(C)C(=O)NCc1ccc(N2CCCCC2)cc1. The number of nitrogens with one attached hydrogen (secondary N) is 1. The summed E-state index contributed by atoms with van der Waals surface area (Å²) < 4.78 is 5.78. The molecule has 0 radical (unpaired) electrons. The van der Waals surface area contributed by atoms with Gasteiger partial charge < -0.3 is 15.0 Å². The normalized spacial score (nSPS) is 15.4. The number of hydrogen-bond donors (Lipinski definition) is 1. The lowest BCUT2D eigenvalue weighted by Crippen LogP contribution is -2.36. The van der Waals surface area contributed by atoms with E-state index < -0.39 is 6.10 Å². The molecule has 0 bridgehead atoms. The summed E-state index contributed by atoms with van der Waals surface area (Å²) in [5.74, 6) is 0.648. The summed E-state index contributed by atoms with van der Waals surface area (Å²) in [6, 6.07) is 16.2. The van der Waals surface area contributed by atoms with E-state index in [0.29, 0.717) is 6.54 Å². The molecule has 138 valence electrons. The highest BCUT2D eigenvalue weighted by molar-refractivity contribution is 5.80. The van der Waals surface area contributed by atoms with E-state index in [1.54, 1.807) is 6.92 Å². The lowest BCUT2D eigenvalue weighted by molar-refractivity contribution is -0.127. The van der Waals surface area contributed by atoms with Crippen molar-refractivity contribution < 1.29 is 9.53 Å². The van der Waals surface area contributed by atoms with E-state index in [9.17, 15) is 4.79 Å². The molecule has 4 heteroatoms. The maximum absolute atomic E-state index is 12.3. The molecule has 1 unspecified atom stereocenters. The predicted molar refractivity (Wildman–Crippen MR) is 106 cm³/mol. The topological polar surface area (TPSA) is 41.6 Å². The fourth-order valence-electron chi connectivity index (χ4n) is 3.24. The lowest BCUT2D eigenvalue weighted by Gasteiger charge is -2.28. The molecule has 0 aliphatic carbocycles. The smallest absolute Gasteiger partial charge is 0.261 e. The van der Waals surface area contributed by atoms with Crippen molar-refractivity contribution in [1.82, 2.24) is 5.32 Å². The molecule has 1 heterocycles. The lowest BCUT2D eigenvalue weighted by atomic mass is 10.1. The summed E-state index contributed by atoms with van der Waals surface area (Å²) in [5, 5.41) is 2.96. The first kappa shape index (κ1) is 18.3. The molecule has 1 aliphatic rings. The van der Waals surface area contributed by atoms with Gasteiger partial charge in [0.2, 0.25) is 0 Å². The highest BCUT2D eigenvalue weighted by atomic mass is 16.5. The van der Waals surface area contributed by atoms with Crippen LogP contribution in [0, 0.1) is 6.92 Å². The highest BCUT2D eigenvalue weighted by Crippen LogP contribution is 2.20. The molecule has 2 aromatic rings. The zero-order valence-corrected chi connectivity index (χ0v) is 15.7. The Bertz CT molecular complexity index is 721. The van der Waals surface area contributed by atoms with Gasteiger partial charge in [-0.25, -0.2) is 0 Å². The second kappa shape index (κ2) is 8.75. The van der Waals surface area contributed by atoms with Crippen molar-refractivity contribution in [1.29, 1.82) is 0 Å². The highest BCUT2D eigenvalue weighted by Gasteiger charge is 2.15. The van der Waals surface area contributed by atoms with E-state index in [1.165, 1.54) is 24.9 Å². The predicted octanol–water partition coefficient (Wildman–Crippen LogP) is 4.07. The Labute approximate surface area is 156 Å². The van der Waals surface area contributed by atoms with Gasteiger partial charge in [-0.3, -0.25) is 4.79 Å². The maximum atomic E-state index is 12.3. The number of benzene rings is 2. The van der Waals surface area contributed by atoms with Gasteiger partial charge in [0.05, 0.1) is 0 Å². The Morgan fingerprint density at radius 3 is 2.46 bits per heavy atom. The van der Waals surface area contributed by atoms with Gasteiger partial charge in [0.1, 0.15) is 5.75 Å². The number of amides is 1. The first-order valence-corrected chi connectivity index (χ1v) is 9.47. The average molecular weight is 352 g/mol. The Morgan fingerprint density at radius 2 is 1.77 bits per heavy atom. The Kier molecular flexibility index (Phi) is 6.16. The van der Waals surface area contributed by atoms with Crippen LogP contribution in [0.5, 0.6) is 5.75 Å². The molecule has 4 nitrogen and oxygen atoms in total. The summed E-state index contributed by atoms with van der Waals surface area (Å²) in [6.45, 7) is 6.55. The zero-order chi connectivity index (χ0) is 18.4. The number of nitrogens with zero attached hydrogens (tertiary/aromatic N) is 1. The third kappa shape index (κ3) is 4.78. The van der Waals surface area contributed by atoms with Crippen molar-refractivity contribution in [2.45, 2.75) is 45.8 Å². The van der Waals surface area contributed by atoms with E-state index in [-0.39, 0.29) is 5.91 Å². The van der Waals surface area contributed by atoms with Crippen LogP contribution in [0.15, 0.2) is 48.5 Å². The average Bonchev–Trinajstić information content (AvgIpc) is 2.69. The number of hydrogen-bond acceptors (Lipinski definition) is 3. The quantitative estimate of drug-likeness (QED) is 0.852. The van der Waals surface area contributed by atoms with Crippen LogP contribution < -0.4 is 15.0 Å². The number of para-hydroxylation sites is 1. The van der Waals surface area contributed by atoms with Gasteiger partial charge in [0, 0.05) is 25.3 Å². The van der Waals surface area contributed by atoms with Gasteiger partial charge in [-0.15, -0.1) is 0 Å². The first-order chi connectivity index (χ1) is 12.6. The summed E-state index contributed by atoms with van der Waals surface area (Å²) in [5.41, 5.74) is 3.40. The van der Waals surface area contributed by atoms with Gasteiger partial charge in [0.25, 0.3) is 5.91 Å². The van der Waals surface area contributed by atoms with Crippen molar-refractivity contribution in [2.75, 3.05) is 18.0 Å². The second-order valence-electron chi connectivity index (χ2n) is 6.96. The molecule has 1 aliphatic heterocycles. The number of rotatable bonds is 6. The Hall–Kier alpha value is -2.49. The van der Waals surface area contributed by atoms with Crippen LogP contribution in [-0.2, 0) is 11.3 Å². The molecule has 0 spiro atoms. The van der Waals surface area contributed by atoms with Gasteiger partial charge in [-0.1, -0.05) is 30.3 Å². The molecule has 0 aromatic heterocycles. The van der Waals surface area contributed by atoms with Crippen molar-refractivity contribution in [3.63, 3.8) is 0 Å². The molecule has 1 fully saturated rings. The number of anilines is 1. The van der Waals surface area contributed by atoms with Crippen LogP contribution in [0.25, 0.3) is 0 Å². The van der Waals surface area contributed by atoms with Gasteiger partial charge in [-0.2, -0.15) is 0 Å². The van der Waals surface area contributed by atoms with E-state index in [1.807, 2.05) is 31.2 Å². The van der Waals surface area contributed by atoms with Crippen LogP contribution in [0.1, 0.15) is 37.3 Å². The van der Waals surface area contributed by atoms with Gasteiger partial charge in [0.15, 0.2) is 6.10 Å². The molecule has 1 saturated heterocycles. The molecular weight excluding hydrogens is 324 g/mol. The first-order valence-electron chi connectivity index (χ1n) is 9.47. The fourth-order valence-corrected chi connectivity index (χ4v) is 3.24. The third-order valence-electron chi connectivity index (χ3n) is 4.89. The van der Waals surface area contributed by atoms with Crippen LogP contribution in [-0.4, -0.2) is 25.1 Å². The maximum Gasteiger partial charge on any atom is 0.261 e. The van der Waals surface area contributed by atoms with Crippen LogP contribution in [0.3, 0.4) is 0 Å². The minimum atomic E-state index is -0.524. The number of piperidine rings is 1. The molecule has 26 heavy (non-hydrogen) atoms.